The number of benzene rings is 1. The number of halogens is 1. The van der Waals surface area contributed by atoms with Crippen molar-refractivity contribution in [2.75, 3.05) is 6.54 Å². The molecule has 2 heterocycles. The first kappa shape index (κ1) is 12.2. The third-order valence-electron chi connectivity index (χ3n) is 4.49. The number of rotatable bonds is 1. The van der Waals surface area contributed by atoms with Crippen molar-refractivity contribution in [3.05, 3.63) is 28.5 Å². The average Bonchev–Trinajstić information content (AvgIpc) is 2.84. The minimum absolute atomic E-state index is 0.138. The molecule has 4 rings (SSSR count). The van der Waals surface area contributed by atoms with Gasteiger partial charge in [0.15, 0.2) is 0 Å². The third-order valence-corrected chi connectivity index (χ3v) is 4.98. The number of carbonyl (C=O) groups is 1. The molecule has 1 atom stereocenters. The highest BCUT2D eigenvalue weighted by Gasteiger charge is 2.54. The summed E-state index contributed by atoms with van der Waals surface area (Å²) in [6.07, 6.45) is 2.32. The fourth-order valence-corrected chi connectivity index (χ4v) is 3.56. The van der Waals surface area contributed by atoms with E-state index in [9.17, 15) is 9.90 Å². The monoisotopic (exact) mass is 335 g/mol. The first-order valence-electron chi connectivity index (χ1n) is 6.71. The molecule has 2 aromatic rings. The van der Waals surface area contributed by atoms with E-state index < -0.39 is 6.09 Å². The summed E-state index contributed by atoms with van der Waals surface area (Å²) in [6, 6.07) is 5.71. The van der Waals surface area contributed by atoms with Crippen LogP contribution in [0.4, 0.5) is 4.79 Å². The molecule has 1 aliphatic heterocycles. The van der Waals surface area contributed by atoms with Gasteiger partial charge in [-0.15, -0.1) is 0 Å². The first-order chi connectivity index (χ1) is 9.56. The van der Waals surface area contributed by atoms with Crippen molar-refractivity contribution in [1.29, 1.82) is 0 Å². The molecule has 1 unspecified atom stereocenters. The number of aromatic nitrogens is 2. The highest BCUT2D eigenvalue weighted by Crippen LogP contribution is 2.58. The Bertz CT molecular complexity index is 708. The predicted molar refractivity (Wildman–Crippen MR) is 77.5 cm³/mol. The smallest absolute Gasteiger partial charge is 0.407 e. The molecular formula is C14H14BrN3O2. The summed E-state index contributed by atoms with van der Waals surface area (Å²) in [6.45, 7) is 0.647. The Hall–Kier alpha value is -1.56. The molecule has 104 valence electrons. The fourth-order valence-electron chi connectivity index (χ4n) is 3.20. The number of fused-ring (bicyclic) bond motifs is 1. The normalized spacial score (nSPS) is 23.6. The molecule has 1 aromatic carbocycles. The molecule has 20 heavy (non-hydrogen) atoms. The van der Waals surface area contributed by atoms with Crippen LogP contribution in [0.1, 0.15) is 31.1 Å². The van der Waals surface area contributed by atoms with Gasteiger partial charge in [-0.2, -0.15) is 0 Å². The Balaban J connectivity index is 1.75. The van der Waals surface area contributed by atoms with E-state index in [1.165, 1.54) is 0 Å². The van der Waals surface area contributed by atoms with Crippen LogP contribution in [0.25, 0.3) is 11.0 Å². The lowest BCUT2D eigenvalue weighted by atomic mass is 10.0. The lowest BCUT2D eigenvalue weighted by Gasteiger charge is -2.19. The lowest BCUT2D eigenvalue weighted by Crippen LogP contribution is -2.30. The van der Waals surface area contributed by atoms with Crippen LogP contribution in [-0.2, 0) is 0 Å². The molecule has 2 aliphatic rings. The van der Waals surface area contributed by atoms with Gasteiger partial charge in [0.25, 0.3) is 0 Å². The maximum atomic E-state index is 11.4. The summed E-state index contributed by atoms with van der Waals surface area (Å²) in [7, 11) is 0. The van der Waals surface area contributed by atoms with Crippen LogP contribution in [0.5, 0.6) is 0 Å². The maximum Gasteiger partial charge on any atom is 0.407 e. The van der Waals surface area contributed by atoms with Gasteiger partial charge in [-0.05, 0) is 42.9 Å². The van der Waals surface area contributed by atoms with E-state index in [1.54, 1.807) is 4.90 Å². The molecule has 1 saturated heterocycles. The molecule has 2 fully saturated rings. The zero-order valence-corrected chi connectivity index (χ0v) is 12.4. The van der Waals surface area contributed by atoms with E-state index in [2.05, 4.69) is 25.9 Å². The fraction of sp³-hybridized carbons (Fsp3) is 0.429. The summed E-state index contributed by atoms with van der Waals surface area (Å²) in [5.41, 5.74) is 2.05. The van der Waals surface area contributed by atoms with Crippen LogP contribution in [0.3, 0.4) is 0 Å². The second kappa shape index (κ2) is 3.97. The van der Waals surface area contributed by atoms with E-state index in [4.69, 9.17) is 0 Å². The minimum atomic E-state index is -0.847. The molecule has 1 saturated carbocycles. The van der Waals surface area contributed by atoms with Gasteiger partial charge in [-0.1, -0.05) is 15.9 Å². The van der Waals surface area contributed by atoms with E-state index in [0.29, 0.717) is 6.54 Å². The third kappa shape index (κ3) is 1.82. The largest absolute Gasteiger partial charge is 0.465 e. The lowest BCUT2D eigenvalue weighted by molar-refractivity contribution is 0.137. The predicted octanol–water partition coefficient (Wildman–Crippen LogP) is 3.53. The second-order valence-corrected chi connectivity index (χ2v) is 6.83. The average molecular weight is 336 g/mol. The van der Waals surface area contributed by atoms with Crippen LogP contribution in [0, 0.1) is 5.41 Å². The minimum Gasteiger partial charge on any atom is -0.465 e. The zero-order chi connectivity index (χ0) is 13.9. The number of imidazole rings is 1. The number of aromatic amines is 1. The Morgan fingerprint density at radius 3 is 3.00 bits per heavy atom. The van der Waals surface area contributed by atoms with Gasteiger partial charge in [0, 0.05) is 11.0 Å². The van der Waals surface area contributed by atoms with Crippen LogP contribution in [0.2, 0.25) is 0 Å². The standard InChI is InChI=1S/C14H14BrN3O2/c15-8-1-2-9-10(5-8)17-12(16-9)11-6-14(3-4-14)7-18(11)13(19)20/h1-2,5,11H,3-4,6-7H2,(H,16,17)(H,19,20). The van der Waals surface area contributed by atoms with Gasteiger partial charge in [0.05, 0.1) is 17.1 Å². The molecule has 1 aromatic heterocycles. The number of hydrogen-bond donors (Lipinski definition) is 2. The SMILES string of the molecule is O=C(O)N1CC2(CC2)CC1c1nc2ccc(Br)cc2[nH]1. The zero-order valence-electron chi connectivity index (χ0n) is 10.8. The van der Waals surface area contributed by atoms with Crippen molar-refractivity contribution in [3.63, 3.8) is 0 Å². The molecule has 0 radical (unpaired) electrons. The van der Waals surface area contributed by atoms with Crippen LogP contribution in [0.15, 0.2) is 22.7 Å². The highest BCUT2D eigenvalue weighted by atomic mass is 79.9. The summed E-state index contributed by atoms with van der Waals surface area (Å²) >= 11 is 3.44. The molecule has 1 spiro atoms. The summed E-state index contributed by atoms with van der Waals surface area (Å²) < 4.78 is 0.986. The molecule has 2 N–H and O–H groups in total. The summed E-state index contributed by atoms with van der Waals surface area (Å²) in [5.74, 6) is 0.768. The topological polar surface area (TPSA) is 69.2 Å². The Morgan fingerprint density at radius 2 is 2.30 bits per heavy atom. The Labute approximate surface area is 124 Å². The van der Waals surface area contributed by atoms with Crippen molar-refractivity contribution in [2.24, 2.45) is 5.41 Å². The van der Waals surface area contributed by atoms with Gasteiger partial charge >= 0.3 is 6.09 Å². The molecule has 1 aliphatic carbocycles. The van der Waals surface area contributed by atoms with Gasteiger partial charge in [0.2, 0.25) is 0 Å². The van der Waals surface area contributed by atoms with Gasteiger partial charge < -0.3 is 10.1 Å². The van der Waals surface area contributed by atoms with Crippen LogP contribution in [-0.4, -0.2) is 32.6 Å². The van der Waals surface area contributed by atoms with Crippen molar-refractivity contribution < 1.29 is 9.90 Å². The van der Waals surface area contributed by atoms with Crippen LogP contribution >= 0.6 is 15.9 Å². The number of carboxylic acid groups (broad SMARTS) is 1. The van der Waals surface area contributed by atoms with Gasteiger partial charge in [-0.25, -0.2) is 9.78 Å². The molecule has 1 amide bonds. The number of H-pyrrole nitrogens is 1. The number of amides is 1. The Kier molecular flexibility index (Phi) is 2.42. The van der Waals surface area contributed by atoms with E-state index in [0.717, 1.165) is 40.6 Å². The van der Waals surface area contributed by atoms with E-state index in [1.807, 2.05) is 18.2 Å². The molecular weight excluding hydrogens is 322 g/mol. The van der Waals surface area contributed by atoms with E-state index in [-0.39, 0.29) is 11.5 Å². The number of hydrogen-bond acceptors (Lipinski definition) is 2. The van der Waals surface area contributed by atoms with Gasteiger partial charge in [-0.3, -0.25) is 4.90 Å². The summed E-state index contributed by atoms with van der Waals surface area (Å²) in [5, 5.41) is 9.40. The summed E-state index contributed by atoms with van der Waals surface area (Å²) in [4.78, 5) is 20.9. The quantitative estimate of drug-likeness (QED) is 0.837. The number of nitrogens with one attached hydrogen (secondary N) is 1. The molecule has 0 bridgehead atoms. The van der Waals surface area contributed by atoms with Crippen LogP contribution < -0.4 is 0 Å². The van der Waals surface area contributed by atoms with E-state index >= 15 is 0 Å². The highest BCUT2D eigenvalue weighted by molar-refractivity contribution is 9.10. The van der Waals surface area contributed by atoms with Gasteiger partial charge in [0.1, 0.15) is 5.82 Å². The molecule has 6 heteroatoms. The van der Waals surface area contributed by atoms with Crippen molar-refractivity contribution in [1.82, 2.24) is 14.9 Å². The van der Waals surface area contributed by atoms with Crippen molar-refractivity contribution in [2.45, 2.75) is 25.3 Å². The number of nitrogens with zero attached hydrogens (tertiary/aromatic N) is 2. The molecule has 5 nitrogen and oxygen atoms in total. The number of likely N-dealkylation sites (tertiary alicyclic amines) is 1. The van der Waals surface area contributed by atoms with Crippen molar-refractivity contribution >= 4 is 33.1 Å². The Morgan fingerprint density at radius 1 is 1.50 bits per heavy atom. The first-order valence-corrected chi connectivity index (χ1v) is 7.50. The maximum absolute atomic E-state index is 11.4. The second-order valence-electron chi connectivity index (χ2n) is 5.91. The van der Waals surface area contributed by atoms with Crippen molar-refractivity contribution in [3.8, 4) is 0 Å².